The van der Waals surface area contributed by atoms with Crippen molar-refractivity contribution in [2.45, 2.75) is 39.5 Å². The van der Waals surface area contributed by atoms with E-state index in [0.717, 1.165) is 28.6 Å². The molecule has 0 aliphatic heterocycles. The Labute approximate surface area is 198 Å². The highest BCUT2D eigenvalue weighted by Gasteiger charge is 2.17. The van der Waals surface area contributed by atoms with E-state index in [1.54, 1.807) is 18.9 Å². The third kappa shape index (κ3) is 5.49. The van der Waals surface area contributed by atoms with Gasteiger partial charge < -0.3 is 14.5 Å². The summed E-state index contributed by atoms with van der Waals surface area (Å²) in [6.45, 7) is 4.63. The molecule has 0 fully saturated rings. The van der Waals surface area contributed by atoms with E-state index in [-0.39, 0.29) is 5.56 Å². The van der Waals surface area contributed by atoms with Crippen LogP contribution < -0.4 is 10.3 Å². The van der Waals surface area contributed by atoms with Crippen LogP contribution in [-0.4, -0.2) is 50.9 Å². The van der Waals surface area contributed by atoms with E-state index in [9.17, 15) is 4.79 Å². The number of aromatic amines is 1. The number of H-pyrrole nitrogens is 1. The lowest BCUT2D eigenvalue weighted by Crippen LogP contribution is -2.28. The Morgan fingerprint density at radius 2 is 1.85 bits per heavy atom. The fourth-order valence-electron chi connectivity index (χ4n) is 4.01. The van der Waals surface area contributed by atoms with Gasteiger partial charge in [0, 0.05) is 36.8 Å². The van der Waals surface area contributed by atoms with Crippen molar-refractivity contribution < 1.29 is 9.47 Å². The van der Waals surface area contributed by atoms with Crippen molar-refractivity contribution in [1.82, 2.24) is 30.1 Å². The van der Waals surface area contributed by atoms with Crippen LogP contribution in [0.15, 0.2) is 53.3 Å². The van der Waals surface area contributed by atoms with Crippen LogP contribution in [0.2, 0.25) is 0 Å². The molecule has 4 rings (SSSR count). The molecule has 4 aromatic rings. The third-order valence-corrected chi connectivity index (χ3v) is 5.85. The molecule has 178 valence electrons. The molecule has 34 heavy (non-hydrogen) atoms. The molecule has 0 saturated heterocycles. The zero-order valence-electron chi connectivity index (χ0n) is 19.8. The summed E-state index contributed by atoms with van der Waals surface area (Å²) in [6.07, 6.45) is 0.939. The average Bonchev–Trinajstić information content (AvgIpc) is 3.29. The summed E-state index contributed by atoms with van der Waals surface area (Å²) in [4.78, 5) is 18.1. The Morgan fingerprint density at radius 1 is 1.03 bits per heavy atom. The first-order valence-corrected chi connectivity index (χ1v) is 11.3. The molecule has 0 amide bonds. The zero-order chi connectivity index (χ0) is 23.9. The van der Waals surface area contributed by atoms with Gasteiger partial charge in [-0.3, -0.25) is 9.69 Å². The monoisotopic (exact) mass is 462 g/mol. The molecule has 2 heterocycles. The van der Waals surface area contributed by atoms with Crippen molar-refractivity contribution in [3.63, 3.8) is 0 Å². The molecule has 1 N–H and O–H groups in total. The minimum Gasteiger partial charge on any atom is -0.496 e. The quantitative estimate of drug-likeness (QED) is 0.366. The van der Waals surface area contributed by atoms with E-state index in [2.05, 4.69) is 38.4 Å². The Balaban J connectivity index is 1.67. The van der Waals surface area contributed by atoms with Gasteiger partial charge in [0.1, 0.15) is 5.75 Å². The summed E-state index contributed by atoms with van der Waals surface area (Å²) in [7, 11) is 3.31. The summed E-state index contributed by atoms with van der Waals surface area (Å²) < 4.78 is 12.5. The van der Waals surface area contributed by atoms with Gasteiger partial charge in [-0.15, -0.1) is 5.10 Å². The summed E-state index contributed by atoms with van der Waals surface area (Å²) in [5.41, 5.74) is 3.68. The number of aromatic nitrogens is 5. The van der Waals surface area contributed by atoms with Gasteiger partial charge in [-0.05, 0) is 52.1 Å². The number of hydrogen-bond donors (Lipinski definition) is 1. The number of benzene rings is 2. The highest BCUT2D eigenvalue weighted by molar-refractivity contribution is 5.79. The molecule has 0 aliphatic carbocycles. The molecule has 2 aromatic carbocycles. The molecule has 0 unspecified atom stereocenters. The smallest absolute Gasteiger partial charge is 0.252 e. The van der Waals surface area contributed by atoms with Gasteiger partial charge in [0.25, 0.3) is 5.56 Å². The fourth-order valence-corrected chi connectivity index (χ4v) is 4.01. The van der Waals surface area contributed by atoms with Crippen molar-refractivity contribution >= 4 is 10.9 Å². The molecule has 0 atom stereocenters. The first kappa shape index (κ1) is 23.6. The largest absolute Gasteiger partial charge is 0.496 e. The Bertz CT molecular complexity index is 1300. The van der Waals surface area contributed by atoms with Crippen molar-refractivity contribution in [1.29, 1.82) is 0 Å². The molecule has 9 heteroatoms. The van der Waals surface area contributed by atoms with Crippen molar-refractivity contribution in [3.8, 4) is 5.75 Å². The van der Waals surface area contributed by atoms with Crippen LogP contribution in [-0.2, 0) is 37.3 Å². The van der Waals surface area contributed by atoms with Crippen LogP contribution >= 0.6 is 0 Å². The molecule has 0 spiro atoms. The summed E-state index contributed by atoms with van der Waals surface area (Å²) in [6, 6.07) is 16.0. The maximum Gasteiger partial charge on any atom is 0.252 e. The standard InChI is InChI=1S/C25H30N6O3/c1-4-18-9-10-22-20(13-18)14-21(25(32)26-22)16-30(15-19-7-5-6-8-23(19)34-3)17-24-27-28-29-31(24)11-12-33-2/h5-10,13-14H,4,11-12,15-17H2,1-3H3,(H,26,32). The van der Waals surface area contributed by atoms with Gasteiger partial charge >= 0.3 is 0 Å². The first-order chi connectivity index (χ1) is 16.6. The minimum atomic E-state index is -0.0965. The van der Waals surface area contributed by atoms with E-state index >= 15 is 0 Å². The fraction of sp³-hybridized carbons (Fsp3) is 0.360. The normalized spacial score (nSPS) is 11.4. The van der Waals surface area contributed by atoms with E-state index in [1.807, 2.05) is 42.5 Å². The number of ether oxygens (including phenoxy) is 2. The Kier molecular flexibility index (Phi) is 7.66. The van der Waals surface area contributed by atoms with Crippen LogP contribution in [0.5, 0.6) is 5.75 Å². The van der Waals surface area contributed by atoms with Crippen molar-refractivity contribution in [2.75, 3.05) is 20.8 Å². The number of nitrogens with zero attached hydrogens (tertiary/aromatic N) is 5. The van der Waals surface area contributed by atoms with E-state index in [4.69, 9.17) is 9.47 Å². The van der Waals surface area contributed by atoms with E-state index in [0.29, 0.717) is 44.2 Å². The van der Waals surface area contributed by atoms with Gasteiger partial charge in [-0.25, -0.2) is 4.68 Å². The Morgan fingerprint density at radius 3 is 2.65 bits per heavy atom. The number of methoxy groups -OCH3 is 2. The Hall–Kier alpha value is -3.56. The molecule has 0 radical (unpaired) electrons. The number of aryl methyl sites for hydroxylation is 1. The lowest BCUT2D eigenvalue weighted by Gasteiger charge is -2.23. The minimum absolute atomic E-state index is 0.0965. The number of para-hydroxylation sites is 1. The van der Waals surface area contributed by atoms with Crippen LogP contribution in [0, 0.1) is 0 Å². The lowest BCUT2D eigenvalue weighted by molar-refractivity contribution is 0.177. The number of fused-ring (bicyclic) bond motifs is 1. The van der Waals surface area contributed by atoms with E-state index in [1.165, 1.54) is 5.56 Å². The van der Waals surface area contributed by atoms with Gasteiger partial charge in [0.05, 0.1) is 26.8 Å². The van der Waals surface area contributed by atoms with Gasteiger partial charge in [0.15, 0.2) is 5.82 Å². The maximum absolute atomic E-state index is 12.9. The second-order valence-electron chi connectivity index (χ2n) is 8.17. The predicted octanol–water partition coefficient (Wildman–Crippen LogP) is 2.93. The number of rotatable bonds is 11. The molecular weight excluding hydrogens is 432 g/mol. The maximum atomic E-state index is 12.9. The second-order valence-corrected chi connectivity index (χ2v) is 8.17. The predicted molar refractivity (Wildman–Crippen MR) is 130 cm³/mol. The molecular formula is C25H30N6O3. The van der Waals surface area contributed by atoms with Crippen LogP contribution in [0.3, 0.4) is 0 Å². The zero-order valence-corrected chi connectivity index (χ0v) is 19.8. The van der Waals surface area contributed by atoms with E-state index < -0.39 is 0 Å². The molecule has 9 nitrogen and oxygen atoms in total. The van der Waals surface area contributed by atoms with Crippen LogP contribution in [0.1, 0.15) is 29.4 Å². The van der Waals surface area contributed by atoms with Crippen LogP contribution in [0.25, 0.3) is 10.9 Å². The summed E-state index contributed by atoms with van der Waals surface area (Å²) in [5, 5.41) is 13.2. The topological polar surface area (TPSA) is 98.2 Å². The molecule has 0 bridgehead atoms. The summed E-state index contributed by atoms with van der Waals surface area (Å²) >= 11 is 0. The number of nitrogens with one attached hydrogen (secondary N) is 1. The number of hydrogen-bond acceptors (Lipinski definition) is 7. The lowest BCUT2D eigenvalue weighted by atomic mass is 10.1. The van der Waals surface area contributed by atoms with Crippen molar-refractivity contribution in [3.05, 3.63) is 81.4 Å². The highest BCUT2D eigenvalue weighted by Crippen LogP contribution is 2.22. The van der Waals surface area contributed by atoms with Gasteiger partial charge in [-0.2, -0.15) is 0 Å². The van der Waals surface area contributed by atoms with Crippen LogP contribution in [0.4, 0.5) is 0 Å². The number of pyridine rings is 1. The molecule has 0 saturated carbocycles. The number of tetrazole rings is 1. The van der Waals surface area contributed by atoms with Crippen molar-refractivity contribution in [2.24, 2.45) is 0 Å². The molecule has 2 aromatic heterocycles. The van der Waals surface area contributed by atoms with Gasteiger partial charge in [0.2, 0.25) is 0 Å². The SMILES string of the molecule is CCc1ccc2[nH]c(=O)c(CN(Cc3ccccc3OC)Cc3nnnn3CCOC)cc2c1. The molecule has 0 aliphatic rings. The highest BCUT2D eigenvalue weighted by atomic mass is 16.5. The van der Waals surface area contributed by atoms with Gasteiger partial charge in [-0.1, -0.05) is 31.2 Å². The third-order valence-electron chi connectivity index (χ3n) is 5.85. The average molecular weight is 463 g/mol. The second kappa shape index (κ2) is 11.0. The summed E-state index contributed by atoms with van der Waals surface area (Å²) in [5.74, 6) is 1.50. The first-order valence-electron chi connectivity index (χ1n) is 11.3.